The van der Waals surface area contributed by atoms with E-state index in [1.807, 2.05) is 4.90 Å². The summed E-state index contributed by atoms with van der Waals surface area (Å²) in [6.45, 7) is 11.5. The molecule has 158 valence electrons. The summed E-state index contributed by atoms with van der Waals surface area (Å²) in [6.07, 6.45) is 8.46. The van der Waals surface area contributed by atoms with E-state index >= 15 is 0 Å². The first-order chi connectivity index (χ1) is 13.7. The van der Waals surface area contributed by atoms with Crippen LogP contribution in [0.3, 0.4) is 0 Å². The van der Waals surface area contributed by atoms with Crippen LogP contribution in [0.1, 0.15) is 94.1 Å². The number of fused-ring (bicyclic) bond motifs is 3. The molecule has 3 atom stereocenters. The van der Waals surface area contributed by atoms with Crippen LogP contribution < -0.4 is 4.74 Å². The summed E-state index contributed by atoms with van der Waals surface area (Å²) in [6, 6.07) is 2.32. The van der Waals surface area contributed by atoms with Gasteiger partial charge in [-0.25, -0.2) is 0 Å². The average molecular weight is 398 g/mol. The molecule has 29 heavy (non-hydrogen) atoms. The van der Waals surface area contributed by atoms with Gasteiger partial charge in [0.2, 0.25) is 0 Å². The maximum absolute atomic E-state index is 13.2. The van der Waals surface area contributed by atoms with Crippen molar-refractivity contribution in [2.45, 2.75) is 90.7 Å². The van der Waals surface area contributed by atoms with Crippen LogP contribution in [0.4, 0.5) is 0 Å². The number of aromatic hydroxyl groups is 1. The van der Waals surface area contributed by atoms with Crippen LogP contribution in [0.15, 0.2) is 17.7 Å². The number of amides is 1. The number of carbonyl (C=O) groups is 1. The predicted molar refractivity (Wildman–Crippen MR) is 116 cm³/mol. The lowest BCUT2D eigenvalue weighted by molar-refractivity contribution is 0.0106. The number of hydrogen-bond donors (Lipinski definition) is 1. The molecule has 1 saturated heterocycles. The summed E-state index contributed by atoms with van der Waals surface area (Å²) in [4.78, 5) is 15.1. The van der Waals surface area contributed by atoms with Gasteiger partial charge in [-0.15, -0.1) is 0 Å². The maximum Gasteiger partial charge on any atom is 0.258 e. The number of carbonyl (C=O) groups excluding carboxylic acids is 1. The molecule has 1 amide bonds. The highest BCUT2D eigenvalue weighted by molar-refractivity contribution is 6.01. The Morgan fingerprint density at radius 3 is 2.72 bits per heavy atom. The summed E-state index contributed by atoms with van der Waals surface area (Å²) in [5.74, 6) is 1.31. The number of rotatable bonds is 5. The van der Waals surface area contributed by atoms with E-state index in [0.29, 0.717) is 11.5 Å². The SMILES string of the molecule is CCCCCc1cc2c(c(O)c1C(=O)N1CC1C)C1C=C(C)CCC1C(C)(C)O2. The predicted octanol–water partition coefficient (Wildman–Crippen LogP) is 5.58. The lowest BCUT2D eigenvalue weighted by Crippen LogP contribution is -2.45. The highest BCUT2D eigenvalue weighted by atomic mass is 16.5. The zero-order chi connectivity index (χ0) is 20.9. The molecule has 0 radical (unpaired) electrons. The van der Waals surface area contributed by atoms with Crippen LogP contribution in [0, 0.1) is 5.92 Å². The molecule has 0 aromatic heterocycles. The lowest BCUT2D eigenvalue weighted by Gasteiger charge is -2.46. The first-order valence-electron chi connectivity index (χ1n) is 11.3. The van der Waals surface area contributed by atoms with E-state index in [1.54, 1.807) is 0 Å². The number of allylic oxidation sites excluding steroid dienone is 2. The monoisotopic (exact) mass is 397 g/mol. The summed E-state index contributed by atoms with van der Waals surface area (Å²) in [7, 11) is 0. The fourth-order valence-corrected chi connectivity index (χ4v) is 5.28. The number of phenols is 1. The Morgan fingerprint density at radius 1 is 1.34 bits per heavy atom. The summed E-state index contributed by atoms with van der Waals surface area (Å²) >= 11 is 0. The molecule has 1 N–H and O–H groups in total. The molecule has 4 nitrogen and oxygen atoms in total. The molecule has 4 heteroatoms. The van der Waals surface area contributed by atoms with E-state index in [-0.39, 0.29) is 29.2 Å². The minimum atomic E-state index is -0.290. The molecule has 1 aliphatic carbocycles. The van der Waals surface area contributed by atoms with E-state index in [4.69, 9.17) is 4.74 Å². The largest absolute Gasteiger partial charge is 0.507 e. The molecule has 2 aliphatic heterocycles. The van der Waals surface area contributed by atoms with Crippen molar-refractivity contribution in [2.75, 3.05) is 6.54 Å². The number of nitrogens with zero attached hydrogens (tertiary/aromatic N) is 1. The fourth-order valence-electron chi connectivity index (χ4n) is 5.28. The average Bonchev–Trinajstić information content (AvgIpc) is 3.37. The molecule has 3 unspecified atom stereocenters. The molecule has 0 saturated carbocycles. The zero-order valence-electron chi connectivity index (χ0n) is 18.5. The van der Waals surface area contributed by atoms with Crippen LogP contribution in [-0.2, 0) is 6.42 Å². The van der Waals surface area contributed by atoms with E-state index < -0.39 is 0 Å². The van der Waals surface area contributed by atoms with Gasteiger partial charge in [0, 0.05) is 30.0 Å². The number of aryl methyl sites for hydroxylation is 1. The molecule has 2 heterocycles. The molecular formula is C25H35NO3. The number of phenolic OH excluding ortho intramolecular Hbond substituents is 1. The summed E-state index contributed by atoms with van der Waals surface area (Å²) in [5, 5.41) is 11.4. The van der Waals surface area contributed by atoms with Gasteiger partial charge in [-0.2, -0.15) is 0 Å². The quantitative estimate of drug-likeness (QED) is 0.401. The van der Waals surface area contributed by atoms with Gasteiger partial charge in [-0.1, -0.05) is 31.4 Å². The van der Waals surface area contributed by atoms with Crippen molar-refractivity contribution in [2.24, 2.45) is 5.92 Å². The Hall–Kier alpha value is -1.97. The van der Waals surface area contributed by atoms with Crippen molar-refractivity contribution in [3.63, 3.8) is 0 Å². The van der Waals surface area contributed by atoms with E-state index in [1.165, 1.54) is 5.57 Å². The van der Waals surface area contributed by atoms with Crippen molar-refractivity contribution in [3.8, 4) is 11.5 Å². The summed E-state index contributed by atoms with van der Waals surface area (Å²) < 4.78 is 6.47. The molecular weight excluding hydrogens is 362 g/mol. The third-order valence-corrected chi connectivity index (χ3v) is 7.11. The van der Waals surface area contributed by atoms with Gasteiger partial charge >= 0.3 is 0 Å². The first-order valence-corrected chi connectivity index (χ1v) is 11.3. The molecule has 0 bridgehead atoms. The lowest BCUT2D eigenvalue weighted by atomic mass is 9.67. The highest BCUT2D eigenvalue weighted by Gasteiger charge is 2.47. The number of benzene rings is 1. The minimum absolute atomic E-state index is 0.0257. The Kier molecular flexibility index (Phi) is 5.16. The van der Waals surface area contributed by atoms with Crippen molar-refractivity contribution < 1.29 is 14.6 Å². The van der Waals surface area contributed by atoms with Crippen LogP contribution >= 0.6 is 0 Å². The van der Waals surface area contributed by atoms with E-state index in [2.05, 4.69) is 46.8 Å². The van der Waals surface area contributed by atoms with Gasteiger partial charge in [-0.3, -0.25) is 4.79 Å². The van der Waals surface area contributed by atoms with Crippen molar-refractivity contribution in [1.29, 1.82) is 0 Å². The molecule has 3 aliphatic rings. The van der Waals surface area contributed by atoms with Gasteiger partial charge in [0.15, 0.2) is 0 Å². The van der Waals surface area contributed by atoms with Gasteiger partial charge in [0.1, 0.15) is 17.1 Å². The number of unbranched alkanes of at least 4 members (excludes halogenated alkanes) is 2. The standard InChI is InChI=1S/C25H35NO3/c1-6-7-8-9-17-13-20-22(23(27)21(17)24(28)26-14-16(26)3)18-12-15(2)10-11-19(18)25(4,5)29-20/h12-13,16,18-19,27H,6-11,14H2,1-5H3. The third kappa shape index (κ3) is 3.55. The van der Waals surface area contributed by atoms with Crippen LogP contribution in [0.2, 0.25) is 0 Å². The van der Waals surface area contributed by atoms with Gasteiger partial charge < -0.3 is 14.7 Å². The van der Waals surface area contributed by atoms with Crippen molar-refractivity contribution >= 4 is 5.91 Å². The van der Waals surface area contributed by atoms with Crippen molar-refractivity contribution in [1.82, 2.24) is 4.90 Å². The van der Waals surface area contributed by atoms with Crippen LogP contribution in [-0.4, -0.2) is 34.1 Å². The Labute approximate surface area is 174 Å². The first kappa shape index (κ1) is 20.3. The molecule has 1 aromatic rings. The molecule has 1 fully saturated rings. The van der Waals surface area contributed by atoms with E-state index in [0.717, 1.165) is 61.9 Å². The second kappa shape index (κ2) is 7.37. The summed E-state index contributed by atoms with van der Waals surface area (Å²) in [5.41, 5.74) is 3.34. The normalized spacial score (nSPS) is 26.9. The minimum Gasteiger partial charge on any atom is -0.507 e. The van der Waals surface area contributed by atoms with E-state index in [9.17, 15) is 9.90 Å². The zero-order valence-corrected chi connectivity index (χ0v) is 18.5. The maximum atomic E-state index is 13.2. The smallest absolute Gasteiger partial charge is 0.258 e. The van der Waals surface area contributed by atoms with Gasteiger partial charge in [0.25, 0.3) is 5.91 Å². The Bertz CT molecular complexity index is 854. The van der Waals surface area contributed by atoms with Crippen LogP contribution in [0.5, 0.6) is 11.5 Å². The molecule has 4 rings (SSSR count). The topological polar surface area (TPSA) is 49.5 Å². The molecule has 1 aromatic carbocycles. The number of ether oxygens (including phenoxy) is 1. The van der Waals surface area contributed by atoms with Gasteiger partial charge in [0.05, 0.1) is 5.56 Å². The number of hydrogen-bond acceptors (Lipinski definition) is 3. The Balaban J connectivity index is 1.85. The molecule has 0 spiro atoms. The fraction of sp³-hybridized carbons (Fsp3) is 0.640. The van der Waals surface area contributed by atoms with Crippen LogP contribution in [0.25, 0.3) is 0 Å². The van der Waals surface area contributed by atoms with Crippen molar-refractivity contribution in [3.05, 3.63) is 34.4 Å². The Morgan fingerprint density at radius 2 is 2.07 bits per heavy atom. The third-order valence-electron chi connectivity index (χ3n) is 7.11. The second-order valence-electron chi connectivity index (χ2n) is 9.82. The second-order valence-corrected chi connectivity index (χ2v) is 9.82. The highest BCUT2D eigenvalue weighted by Crippen LogP contribution is 2.54. The van der Waals surface area contributed by atoms with Gasteiger partial charge in [-0.05, 0) is 65.0 Å².